The molecule has 0 aliphatic carbocycles. The number of nitrogens with zero attached hydrogens (tertiary/aromatic N) is 5. The van der Waals surface area contributed by atoms with Crippen molar-refractivity contribution in [3.63, 3.8) is 0 Å². The monoisotopic (exact) mass is 512 g/mol. The Morgan fingerprint density at radius 1 is 1.03 bits per heavy atom. The van der Waals surface area contributed by atoms with Crippen LogP contribution in [0.4, 0.5) is 21.5 Å². The average Bonchev–Trinajstić information content (AvgIpc) is 3.68. The molecule has 0 atom stereocenters. The number of nitrogens with one attached hydrogen (secondary N) is 2. The van der Waals surface area contributed by atoms with Crippen molar-refractivity contribution in [3.05, 3.63) is 96.3 Å². The number of carbonyl (C=O) groups excluding carboxylic acids is 1. The third kappa shape index (κ3) is 4.44. The molecule has 0 saturated heterocycles. The molecule has 0 bridgehead atoms. The highest BCUT2D eigenvalue weighted by molar-refractivity contribution is 7.20. The number of imidazole rings is 2. The van der Waals surface area contributed by atoms with Crippen LogP contribution in [0.15, 0.2) is 85.8 Å². The van der Waals surface area contributed by atoms with Gasteiger partial charge in [-0.25, -0.2) is 15.0 Å². The van der Waals surface area contributed by atoms with Crippen molar-refractivity contribution in [3.8, 4) is 10.6 Å². The third-order valence-corrected chi connectivity index (χ3v) is 7.46. The van der Waals surface area contributed by atoms with E-state index < -0.39 is 0 Å². The lowest BCUT2D eigenvalue weighted by Gasteiger charge is -2.06. The van der Waals surface area contributed by atoms with Crippen molar-refractivity contribution in [2.24, 2.45) is 0 Å². The first-order valence-electron chi connectivity index (χ1n) is 11.0. The van der Waals surface area contributed by atoms with Crippen LogP contribution in [-0.2, 0) is 6.54 Å². The van der Waals surface area contributed by atoms with Crippen molar-refractivity contribution >= 4 is 55.7 Å². The van der Waals surface area contributed by atoms with Gasteiger partial charge in [-0.3, -0.25) is 9.20 Å². The molecule has 1 amide bonds. The zero-order valence-electron chi connectivity index (χ0n) is 18.8. The number of anilines is 4. The number of aromatic nitrogens is 5. The first-order chi connectivity index (χ1) is 17.6. The first-order valence-corrected chi connectivity index (χ1v) is 12.7. The fraction of sp³-hybridized carbons (Fsp3) is 0.0400. The molecule has 0 radical (unpaired) electrons. The lowest BCUT2D eigenvalue weighted by Crippen LogP contribution is -2.11. The Kier molecular flexibility index (Phi) is 5.68. The maximum absolute atomic E-state index is 12.6. The van der Waals surface area contributed by atoms with Gasteiger partial charge in [0.1, 0.15) is 5.65 Å². The maximum Gasteiger partial charge on any atom is 0.265 e. The SMILES string of the molecule is Nc1ccccc1NC(=O)c1ccc(Nc2ncc(-c3cnc4cc(Cn5ccnc5)ccn34)s2)s1. The van der Waals surface area contributed by atoms with E-state index in [0.29, 0.717) is 16.3 Å². The maximum atomic E-state index is 12.6. The summed E-state index contributed by atoms with van der Waals surface area (Å²) >= 11 is 2.88. The number of nitrogen functional groups attached to an aromatic ring is 1. The van der Waals surface area contributed by atoms with Gasteiger partial charge in [-0.1, -0.05) is 23.5 Å². The molecule has 178 valence electrons. The Hall–Kier alpha value is -4.48. The number of pyridine rings is 1. The zero-order valence-corrected chi connectivity index (χ0v) is 20.5. The zero-order chi connectivity index (χ0) is 24.5. The molecule has 1 aromatic carbocycles. The van der Waals surface area contributed by atoms with Crippen LogP contribution in [0.25, 0.3) is 16.2 Å². The van der Waals surface area contributed by atoms with Crippen LogP contribution in [0.5, 0.6) is 0 Å². The van der Waals surface area contributed by atoms with Gasteiger partial charge in [0.2, 0.25) is 0 Å². The van der Waals surface area contributed by atoms with Gasteiger partial charge < -0.3 is 20.9 Å². The van der Waals surface area contributed by atoms with E-state index in [4.69, 9.17) is 5.73 Å². The van der Waals surface area contributed by atoms with E-state index in [1.54, 1.807) is 30.7 Å². The second kappa shape index (κ2) is 9.29. The van der Waals surface area contributed by atoms with Gasteiger partial charge >= 0.3 is 0 Å². The molecule has 5 heterocycles. The number of para-hydroxylation sites is 2. The summed E-state index contributed by atoms with van der Waals surface area (Å²) in [4.78, 5) is 27.4. The van der Waals surface area contributed by atoms with Gasteiger partial charge in [0.05, 0.1) is 44.3 Å². The number of hydrogen-bond donors (Lipinski definition) is 3. The summed E-state index contributed by atoms with van der Waals surface area (Å²) in [5.41, 5.74) is 10.0. The van der Waals surface area contributed by atoms with Gasteiger partial charge in [-0.2, -0.15) is 0 Å². The van der Waals surface area contributed by atoms with E-state index in [-0.39, 0.29) is 5.91 Å². The summed E-state index contributed by atoms with van der Waals surface area (Å²) in [5.74, 6) is -0.205. The molecule has 0 fully saturated rings. The van der Waals surface area contributed by atoms with Crippen LogP contribution >= 0.6 is 22.7 Å². The van der Waals surface area contributed by atoms with E-state index in [9.17, 15) is 4.79 Å². The molecular formula is C25H20N8OS2. The van der Waals surface area contributed by atoms with Gasteiger partial charge in [0, 0.05) is 31.3 Å². The van der Waals surface area contributed by atoms with E-state index in [0.717, 1.165) is 38.5 Å². The molecule has 0 unspecified atom stereocenters. The van der Waals surface area contributed by atoms with Crippen LogP contribution in [0.3, 0.4) is 0 Å². The standard InChI is InChI=1S/C25H20N8OS2/c26-17-3-1-2-4-18(17)30-24(34)20-5-6-23(35-20)31-25-29-13-21(36-25)19-12-28-22-11-16(7-9-33(19)22)14-32-10-8-27-15-32/h1-13,15H,14,26H2,(H,29,31)(H,30,34). The van der Waals surface area contributed by atoms with Crippen LogP contribution in [0, 0.1) is 0 Å². The van der Waals surface area contributed by atoms with Crippen molar-refractivity contribution in [1.82, 2.24) is 23.9 Å². The summed E-state index contributed by atoms with van der Waals surface area (Å²) in [7, 11) is 0. The number of amides is 1. The average molecular weight is 513 g/mol. The molecule has 0 aliphatic rings. The number of hydrogen-bond acceptors (Lipinski definition) is 8. The predicted molar refractivity (Wildman–Crippen MR) is 144 cm³/mol. The molecule has 5 aromatic heterocycles. The fourth-order valence-corrected chi connectivity index (χ4v) is 5.47. The second-order valence-corrected chi connectivity index (χ2v) is 10.1. The fourth-order valence-electron chi connectivity index (χ4n) is 3.77. The van der Waals surface area contributed by atoms with Crippen molar-refractivity contribution in [1.29, 1.82) is 0 Å². The van der Waals surface area contributed by atoms with Gasteiger partial charge in [0.25, 0.3) is 5.91 Å². The molecular weight excluding hydrogens is 492 g/mol. The molecule has 6 rings (SSSR count). The highest BCUT2D eigenvalue weighted by Crippen LogP contribution is 2.33. The van der Waals surface area contributed by atoms with E-state index >= 15 is 0 Å². The number of thiophene rings is 1. The highest BCUT2D eigenvalue weighted by atomic mass is 32.1. The number of carbonyl (C=O) groups is 1. The topological polar surface area (TPSA) is 115 Å². The molecule has 9 nitrogen and oxygen atoms in total. The lowest BCUT2D eigenvalue weighted by atomic mass is 10.2. The number of nitrogens with two attached hydrogens (primary N) is 1. The lowest BCUT2D eigenvalue weighted by molar-refractivity contribution is 0.103. The first kappa shape index (κ1) is 22.0. The number of fused-ring (bicyclic) bond motifs is 1. The van der Waals surface area contributed by atoms with Gasteiger partial charge in [0.15, 0.2) is 5.13 Å². The minimum Gasteiger partial charge on any atom is -0.397 e. The number of rotatable bonds is 7. The second-order valence-electron chi connectivity index (χ2n) is 8.00. The minimum absolute atomic E-state index is 0.205. The smallest absolute Gasteiger partial charge is 0.265 e. The van der Waals surface area contributed by atoms with Gasteiger partial charge in [-0.15, -0.1) is 11.3 Å². The molecule has 4 N–H and O–H groups in total. The number of thiazole rings is 1. The molecule has 6 aromatic rings. The summed E-state index contributed by atoms with van der Waals surface area (Å²) in [6, 6.07) is 15.0. The van der Waals surface area contributed by atoms with E-state index in [2.05, 4.69) is 42.1 Å². The quantitative estimate of drug-likeness (QED) is 0.249. The summed E-state index contributed by atoms with van der Waals surface area (Å²) < 4.78 is 4.07. The highest BCUT2D eigenvalue weighted by Gasteiger charge is 2.14. The molecule has 0 spiro atoms. The largest absolute Gasteiger partial charge is 0.397 e. The van der Waals surface area contributed by atoms with Crippen molar-refractivity contribution < 1.29 is 4.79 Å². The van der Waals surface area contributed by atoms with Crippen LogP contribution in [0.1, 0.15) is 15.2 Å². The molecule has 0 saturated carbocycles. The van der Waals surface area contributed by atoms with Crippen LogP contribution in [0.2, 0.25) is 0 Å². The molecule has 0 aliphatic heterocycles. The minimum atomic E-state index is -0.205. The van der Waals surface area contributed by atoms with Gasteiger partial charge in [-0.05, 0) is 42.0 Å². The van der Waals surface area contributed by atoms with Crippen molar-refractivity contribution in [2.75, 3.05) is 16.4 Å². The van der Waals surface area contributed by atoms with E-state index in [1.807, 2.05) is 47.6 Å². The van der Waals surface area contributed by atoms with Crippen LogP contribution in [-0.4, -0.2) is 29.8 Å². The Morgan fingerprint density at radius 2 is 1.94 bits per heavy atom. The Labute approximate surface area is 213 Å². The summed E-state index contributed by atoms with van der Waals surface area (Å²) in [6.45, 7) is 0.743. The Morgan fingerprint density at radius 3 is 2.81 bits per heavy atom. The van der Waals surface area contributed by atoms with E-state index in [1.165, 1.54) is 22.7 Å². The Bertz CT molecular complexity index is 1660. The normalized spacial score (nSPS) is 11.1. The van der Waals surface area contributed by atoms with Crippen LogP contribution < -0.4 is 16.4 Å². The molecule has 36 heavy (non-hydrogen) atoms. The molecule has 11 heteroatoms. The summed E-state index contributed by atoms with van der Waals surface area (Å²) in [6.07, 6.45) is 11.2. The predicted octanol–water partition coefficient (Wildman–Crippen LogP) is 5.34. The van der Waals surface area contributed by atoms with Crippen molar-refractivity contribution in [2.45, 2.75) is 6.54 Å². The summed E-state index contributed by atoms with van der Waals surface area (Å²) in [5, 5.41) is 7.71. The number of benzene rings is 1. The Balaban J connectivity index is 1.16. The third-order valence-electron chi connectivity index (χ3n) is 5.53.